The van der Waals surface area contributed by atoms with Gasteiger partial charge >= 0.3 is 12.2 Å². The lowest BCUT2D eigenvalue weighted by atomic mass is 10.2. The number of amides is 3. The monoisotopic (exact) mass is 379 g/mol. The van der Waals surface area contributed by atoms with E-state index in [0.29, 0.717) is 19.5 Å². The molecule has 0 heterocycles. The van der Waals surface area contributed by atoms with Crippen LogP contribution < -0.4 is 11.1 Å². The number of benzene rings is 1. The SMILES string of the molecule is CC(C)(C)OC(=O)NCCCN(CCC(N)=O)C(=O)OCc1ccccc1. The number of carbonyl (C=O) groups is 3. The highest BCUT2D eigenvalue weighted by Gasteiger charge is 2.17. The zero-order chi connectivity index (χ0) is 20.3. The average Bonchev–Trinajstić information content (AvgIpc) is 2.58. The quantitative estimate of drug-likeness (QED) is 0.640. The predicted octanol–water partition coefficient (Wildman–Crippen LogP) is 2.42. The average molecular weight is 379 g/mol. The standard InChI is InChI=1S/C19H29N3O5/c1-19(2,3)27-17(24)21-11-7-12-22(13-10-16(20)23)18(25)26-14-15-8-5-4-6-9-15/h4-6,8-9H,7,10-14H2,1-3H3,(H2,20,23)(H,21,24). The van der Waals surface area contributed by atoms with Crippen LogP contribution >= 0.6 is 0 Å². The van der Waals surface area contributed by atoms with Crippen molar-refractivity contribution in [3.63, 3.8) is 0 Å². The van der Waals surface area contributed by atoms with Crippen molar-refractivity contribution in [3.05, 3.63) is 35.9 Å². The molecule has 0 unspecified atom stereocenters. The van der Waals surface area contributed by atoms with Gasteiger partial charge in [-0.3, -0.25) is 4.79 Å². The molecule has 0 saturated heterocycles. The van der Waals surface area contributed by atoms with Crippen molar-refractivity contribution >= 4 is 18.1 Å². The number of hydrogen-bond donors (Lipinski definition) is 2. The molecule has 0 aliphatic carbocycles. The second-order valence-electron chi connectivity index (χ2n) is 7.03. The molecule has 0 atom stereocenters. The van der Waals surface area contributed by atoms with Crippen LogP contribution in [0.2, 0.25) is 0 Å². The Kier molecular flexibility index (Phi) is 9.12. The Hall–Kier alpha value is -2.77. The van der Waals surface area contributed by atoms with Gasteiger partial charge in [0, 0.05) is 26.1 Å². The maximum absolute atomic E-state index is 12.3. The smallest absolute Gasteiger partial charge is 0.410 e. The fourth-order valence-electron chi connectivity index (χ4n) is 2.12. The first-order valence-corrected chi connectivity index (χ1v) is 8.88. The normalized spacial score (nSPS) is 10.8. The number of nitrogens with zero attached hydrogens (tertiary/aromatic N) is 1. The molecule has 1 rings (SSSR count). The van der Waals surface area contributed by atoms with Gasteiger partial charge in [-0.2, -0.15) is 0 Å². The zero-order valence-electron chi connectivity index (χ0n) is 16.2. The van der Waals surface area contributed by atoms with E-state index in [1.54, 1.807) is 20.8 Å². The summed E-state index contributed by atoms with van der Waals surface area (Å²) in [4.78, 5) is 36.3. The number of nitrogens with one attached hydrogen (secondary N) is 1. The van der Waals surface area contributed by atoms with Crippen molar-refractivity contribution in [1.29, 1.82) is 0 Å². The number of ether oxygens (including phenoxy) is 2. The summed E-state index contributed by atoms with van der Waals surface area (Å²) in [5.41, 5.74) is 5.47. The van der Waals surface area contributed by atoms with Gasteiger partial charge in [0.15, 0.2) is 0 Å². The van der Waals surface area contributed by atoms with Crippen LogP contribution in [0.3, 0.4) is 0 Å². The van der Waals surface area contributed by atoms with Crippen LogP contribution in [-0.4, -0.2) is 48.2 Å². The molecular weight excluding hydrogens is 350 g/mol. The summed E-state index contributed by atoms with van der Waals surface area (Å²) in [5, 5.41) is 2.62. The minimum atomic E-state index is -0.571. The van der Waals surface area contributed by atoms with Crippen LogP contribution in [0.15, 0.2) is 30.3 Å². The lowest BCUT2D eigenvalue weighted by Crippen LogP contribution is -2.38. The summed E-state index contributed by atoms with van der Waals surface area (Å²) < 4.78 is 10.4. The second kappa shape index (κ2) is 11.1. The lowest BCUT2D eigenvalue weighted by Gasteiger charge is -2.22. The zero-order valence-corrected chi connectivity index (χ0v) is 16.2. The minimum absolute atomic E-state index is 0.0416. The van der Waals surface area contributed by atoms with Gasteiger partial charge in [0.05, 0.1) is 0 Å². The Morgan fingerprint density at radius 2 is 1.78 bits per heavy atom. The van der Waals surface area contributed by atoms with Crippen LogP contribution in [0, 0.1) is 0 Å². The molecule has 3 amide bonds. The summed E-state index contributed by atoms with van der Waals surface area (Å²) in [6.45, 7) is 6.28. The first kappa shape index (κ1) is 22.3. The van der Waals surface area contributed by atoms with Gasteiger partial charge in [-0.25, -0.2) is 9.59 Å². The van der Waals surface area contributed by atoms with Crippen molar-refractivity contribution in [1.82, 2.24) is 10.2 Å². The van der Waals surface area contributed by atoms with Crippen LogP contribution in [0.5, 0.6) is 0 Å². The van der Waals surface area contributed by atoms with Gasteiger partial charge in [0.1, 0.15) is 12.2 Å². The molecule has 0 fully saturated rings. The van der Waals surface area contributed by atoms with Gasteiger partial charge in [-0.1, -0.05) is 30.3 Å². The number of primary amides is 1. The summed E-state index contributed by atoms with van der Waals surface area (Å²) in [5.74, 6) is -0.497. The summed E-state index contributed by atoms with van der Waals surface area (Å²) in [6, 6.07) is 9.30. The van der Waals surface area contributed by atoms with E-state index in [9.17, 15) is 14.4 Å². The van der Waals surface area contributed by atoms with Crippen molar-refractivity contribution in [2.24, 2.45) is 5.73 Å². The molecule has 0 bridgehead atoms. The van der Waals surface area contributed by atoms with E-state index in [0.717, 1.165) is 5.56 Å². The van der Waals surface area contributed by atoms with E-state index >= 15 is 0 Å². The molecule has 8 nitrogen and oxygen atoms in total. The van der Waals surface area contributed by atoms with Gasteiger partial charge in [-0.05, 0) is 32.8 Å². The maximum atomic E-state index is 12.3. The molecule has 0 spiro atoms. The molecule has 3 N–H and O–H groups in total. The third-order valence-corrected chi connectivity index (χ3v) is 3.36. The Balaban J connectivity index is 2.44. The maximum Gasteiger partial charge on any atom is 0.410 e. The third-order valence-electron chi connectivity index (χ3n) is 3.36. The van der Waals surface area contributed by atoms with Gasteiger partial charge < -0.3 is 25.4 Å². The fourth-order valence-corrected chi connectivity index (χ4v) is 2.12. The van der Waals surface area contributed by atoms with E-state index < -0.39 is 23.7 Å². The predicted molar refractivity (Wildman–Crippen MR) is 101 cm³/mol. The van der Waals surface area contributed by atoms with E-state index in [2.05, 4.69) is 5.32 Å². The van der Waals surface area contributed by atoms with Gasteiger partial charge in [0.25, 0.3) is 0 Å². The van der Waals surface area contributed by atoms with E-state index in [-0.39, 0.29) is 19.6 Å². The number of hydrogen-bond acceptors (Lipinski definition) is 5. The van der Waals surface area contributed by atoms with Gasteiger partial charge in [-0.15, -0.1) is 0 Å². The first-order valence-electron chi connectivity index (χ1n) is 8.88. The number of carbonyl (C=O) groups excluding carboxylic acids is 3. The van der Waals surface area contributed by atoms with Crippen LogP contribution in [0.25, 0.3) is 0 Å². The molecule has 0 radical (unpaired) electrons. The van der Waals surface area contributed by atoms with E-state index in [1.165, 1.54) is 4.90 Å². The highest BCUT2D eigenvalue weighted by Crippen LogP contribution is 2.07. The van der Waals surface area contributed by atoms with Crippen LogP contribution in [0.1, 0.15) is 39.2 Å². The molecule has 150 valence electrons. The van der Waals surface area contributed by atoms with Crippen molar-refractivity contribution in [2.75, 3.05) is 19.6 Å². The summed E-state index contributed by atoms with van der Waals surface area (Å²) in [7, 11) is 0. The molecule has 1 aromatic rings. The molecule has 1 aromatic carbocycles. The Bertz CT molecular complexity index is 614. The molecule has 0 saturated carbocycles. The van der Waals surface area contributed by atoms with Crippen LogP contribution in [0.4, 0.5) is 9.59 Å². The van der Waals surface area contributed by atoms with Crippen molar-refractivity contribution < 1.29 is 23.9 Å². The molecule has 27 heavy (non-hydrogen) atoms. The molecular formula is C19H29N3O5. The molecule has 0 aromatic heterocycles. The fraction of sp³-hybridized carbons (Fsp3) is 0.526. The molecule has 0 aliphatic heterocycles. The van der Waals surface area contributed by atoms with Crippen LogP contribution in [-0.2, 0) is 20.9 Å². The topological polar surface area (TPSA) is 111 Å². The summed E-state index contributed by atoms with van der Waals surface area (Å²) >= 11 is 0. The summed E-state index contributed by atoms with van der Waals surface area (Å²) in [6.07, 6.45) is -0.520. The number of alkyl carbamates (subject to hydrolysis) is 1. The highest BCUT2D eigenvalue weighted by molar-refractivity contribution is 5.75. The minimum Gasteiger partial charge on any atom is -0.445 e. The third kappa shape index (κ3) is 10.7. The first-order chi connectivity index (χ1) is 12.7. The van der Waals surface area contributed by atoms with Crippen molar-refractivity contribution in [2.45, 2.75) is 45.8 Å². The number of rotatable bonds is 9. The molecule has 8 heteroatoms. The Labute approximate surface area is 160 Å². The van der Waals surface area contributed by atoms with Crippen molar-refractivity contribution in [3.8, 4) is 0 Å². The van der Waals surface area contributed by atoms with Gasteiger partial charge in [0.2, 0.25) is 5.91 Å². The Morgan fingerprint density at radius 1 is 1.11 bits per heavy atom. The Morgan fingerprint density at radius 3 is 2.37 bits per heavy atom. The van der Waals surface area contributed by atoms with E-state index in [1.807, 2.05) is 30.3 Å². The highest BCUT2D eigenvalue weighted by atomic mass is 16.6. The van der Waals surface area contributed by atoms with E-state index in [4.69, 9.17) is 15.2 Å². The molecule has 0 aliphatic rings. The lowest BCUT2D eigenvalue weighted by molar-refractivity contribution is -0.118. The second-order valence-corrected chi connectivity index (χ2v) is 7.03. The largest absolute Gasteiger partial charge is 0.445 e. The number of nitrogens with two attached hydrogens (primary N) is 1.